The topological polar surface area (TPSA) is 3.24 Å². The van der Waals surface area contributed by atoms with Gasteiger partial charge in [0.05, 0.1) is 0 Å². The van der Waals surface area contributed by atoms with E-state index < -0.39 is 0 Å². The smallest absolute Gasteiger partial charge is 0.0118 e. The van der Waals surface area contributed by atoms with Gasteiger partial charge in [-0.15, -0.1) is 11.8 Å². The molecule has 0 aromatic heterocycles. The second-order valence-electron chi connectivity index (χ2n) is 3.92. The first-order valence-electron chi connectivity index (χ1n) is 7.48. The Morgan fingerprint density at radius 2 is 1.59 bits per heavy atom. The second-order valence-corrected chi connectivity index (χ2v) is 3.92. The number of hydrogen-bond acceptors (Lipinski definition) is 1. The quantitative estimate of drug-likeness (QED) is 0.652. The largest absolute Gasteiger partial charge is 0.303 e. The first-order valence-corrected chi connectivity index (χ1v) is 7.48. The Kier molecular flexibility index (Phi) is 17.2. The fourth-order valence-electron chi connectivity index (χ4n) is 1.98. The van der Waals surface area contributed by atoms with Gasteiger partial charge in [-0.2, -0.15) is 0 Å². The minimum absolute atomic E-state index is 0.876. The van der Waals surface area contributed by atoms with Crippen molar-refractivity contribution in [2.24, 2.45) is 5.92 Å². The van der Waals surface area contributed by atoms with E-state index in [1.165, 1.54) is 38.9 Å². The van der Waals surface area contributed by atoms with Gasteiger partial charge in [0.25, 0.3) is 0 Å². The van der Waals surface area contributed by atoms with Crippen LogP contribution >= 0.6 is 0 Å². The molecule has 1 nitrogen and oxygen atoms in total. The van der Waals surface area contributed by atoms with Crippen molar-refractivity contribution in [2.75, 3.05) is 19.6 Å². The molecule has 1 heterocycles. The van der Waals surface area contributed by atoms with Crippen molar-refractivity contribution in [2.45, 2.75) is 67.2 Å². The average molecular weight is 239 g/mol. The minimum atomic E-state index is 0.876. The Balaban J connectivity index is 0. The number of likely N-dealkylation sites (tertiary alicyclic amines) is 1. The van der Waals surface area contributed by atoms with Gasteiger partial charge in [-0.1, -0.05) is 34.6 Å². The van der Waals surface area contributed by atoms with E-state index in [1.807, 2.05) is 34.6 Å². The zero-order valence-electron chi connectivity index (χ0n) is 13.0. The Bertz CT molecular complexity index is 179. The molecule has 0 amide bonds. The summed E-state index contributed by atoms with van der Waals surface area (Å²) in [5.41, 5.74) is 0. The third-order valence-corrected chi connectivity index (χ3v) is 2.81. The summed E-state index contributed by atoms with van der Waals surface area (Å²) < 4.78 is 0. The molecular weight excluding hydrogens is 206 g/mol. The summed E-state index contributed by atoms with van der Waals surface area (Å²) in [5.74, 6) is 7.06. The molecule has 1 rings (SSSR count). The molecule has 0 bridgehead atoms. The van der Waals surface area contributed by atoms with Gasteiger partial charge in [0.15, 0.2) is 0 Å². The average Bonchev–Trinajstić information content (AvgIpc) is 2.43. The third-order valence-electron chi connectivity index (χ3n) is 2.81. The van der Waals surface area contributed by atoms with Crippen LogP contribution in [0.2, 0.25) is 0 Å². The van der Waals surface area contributed by atoms with Crippen LogP contribution in [0.15, 0.2) is 0 Å². The SMILES string of the molecule is CC.CC.CC#CCC1CCN(CCC)CC1. The Morgan fingerprint density at radius 3 is 2.00 bits per heavy atom. The lowest BCUT2D eigenvalue weighted by Gasteiger charge is -2.30. The predicted molar refractivity (Wildman–Crippen MR) is 80.2 cm³/mol. The lowest BCUT2D eigenvalue weighted by molar-refractivity contribution is 0.187. The van der Waals surface area contributed by atoms with Gasteiger partial charge in [-0.3, -0.25) is 0 Å². The predicted octanol–water partition coefficient (Wildman–Crippen LogP) is 4.57. The van der Waals surface area contributed by atoms with Gasteiger partial charge in [-0.05, 0) is 51.7 Å². The van der Waals surface area contributed by atoms with E-state index in [0.29, 0.717) is 0 Å². The van der Waals surface area contributed by atoms with E-state index in [0.717, 1.165) is 12.3 Å². The summed E-state index contributed by atoms with van der Waals surface area (Å²) in [6.07, 6.45) is 5.12. The summed E-state index contributed by atoms with van der Waals surface area (Å²) >= 11 is 0. The molecule has 0 aromatic rings. The maximum absolute atomic E-state index is 3.20. The van der Waals surface area contributed by atoms with Crippen LogP contribution in [0, 0.1) is 17.8 Å². The van der Waals surface area contributed by atoms with Crippen LogP contribution in [0.25, 0.3) is 0 Å². The lowest BCUT2D eigenvalue weighted by Crippen LogP contribution is -2.34. The normalized spacial score (nSPS) is 15.6. The van der Waals surface area contributed by atoms with E-state index in [2.05, 4.69) is 23.7 Å². The van der Waals surface area contributed by atoms with Crippen LogP contribution in [0.4, 0.5) is 0 Å². The molecular formula is C16H33N. The van der Waals surface area contributed by atoms with Crippen LogP contribution in [0.1, 0.15) is 67.2 Å². The minimum Gasteiger partial charge on any atom is -0.303 e. The third kappa shape index (κ3) is 10.4. The molecule has 0 unspecified atom stereocenters. The Hall–Kier alpha value is -0.480. The van der Waals surface area contributed by atoms with E-state index in [1.54, 1.807) is 0 Å². The van der Waals surface area contributed by atoms with Gasteiger partial charge in [0.1, 0.15) is 0 Å². The molecule has 0 atom stereocenters. The van der Waals surface area contributed by atoms with Gasteiger partial charge < -0.3 is 4.90 Å². The summed E-state index contributed by atoms with van der Waals surface area (Å²) in [6.45, 7) is 16.1. The van der Waals surface area contributed by atoms with Crippen molar-refractivity contribution in [3.8, 4) is 11.8 Å². The maximum atomic E-state index is 3.20. The van der Waals surface area contributed by atoms with Crippen LogP contribution in [-0.2, 0) is 0 Å². The van der Waals surface area contributed by atoms with Crippen molar-refractivity contribution in [3.63, 3.8) is 0 Å². The molecule has 1 heteroatoms. The molecule has 1 aliphatic rings. The van der Waals surface area contributed by atoms with Crippen LogP contribution in [0.5, 0.6) is 0 Å². The first kappa shape index (κ1) is 18.9. The monoisotopic (exact) mass is 239 g/mol. The van der Waals surface area contributed by atoms with E-state index in [-0.39, 0.29) is 0 Å². The molecule has 0 radical (unpaired) electrons. The first-order chi connectivity index (χ1) is 8.36. The van der Waals surface area contributed by atoms with E-state index >= 15 is 0 Å². The Labute approximate surface area is 110 Å². The number of piperidine rings is 1. The van der Waals surface area contributed by atoms with Crippen molar-refractivity contribution >= 4 is 0 Å². The molecule has 0 aliphatic carbocycles. The number of hydrogen-bond donors (Lipinski definition) is 0. The van der Waals surface area contributed by atoms with Crippen molar-refractivity contribution in [3.05, 3.63) is 0 Å². The fraction of sp³-hybridized carbons (Fsp3) is 0.875. The standard InChI is InChI=1S/C12H21N.2C2H6/c1-3-5-6-12-7-10-13(9-4-2)11-8-12;2*1-2/h12H,4,6-11H2,1-2H3;2*1-2H3. The van der Waals surface area contributed by atoms with Crippen LogP contribution in [-0.4, -0.2) is 24.5 Å². The molecule has 1 aliphatic heterocycles. The molecule has 102 valence electrons. The van der Waals surface area contributed by atoms with E-state index in [4.69, 9.17) is 0 Å². The summed E-state index contributed by atoms with van der Waals surface area (Å²) in [6, 6.07) is 0. The van der Waals surface area contributed by atoms with E-state index in [9.17, 15) is 0 Å². The summed E-state index contributed by atoms with van der Waals surface area (Å²) in [7, 11) is 0. The van der Waals surface area contributed by atoms with Crippen LogP contribution < -0.4 is 0 Å². The summed E-state index contributed by atoms with van der Waals surface area (Å²) in [4.78, 5) is 2.58. The number of nitrogens with zero attached hydrogens (tertiary/aromatic N) is 1. The molecule has 17 heavy (non-hydrogen) atoms. The molecule has 0 saturated carbocycles. The van der Waals surface area contributed by atoms with Gasteiger partial charge >= 0.3 is 0 Å². The van der Waals surface area contributed by atoms with Gasteiger partial charge in [-0.25, -0.2) is 0 Å². The lowest BCUT2D eigenvalue weighted by atomic mass is 9.94. The molecule has 1 fully saturated rings. The van der Waals surface area contributed by atoms with Gasteiger partial charge in [0.2, 0.25) is 0 Å². The molecule has 0 aromatic carbocycles. The highest BCUT2D eigenvalue weighted by atomic mass is 15.1. The van der Waals surface area contributed by atoms with Gasteiger partial charge in [0, 0.05) is 6.42 Å². The zero-order chi connectivity index (χ0) is 13.5. The highest BCUT2D eigenvalue weighted by molar-refractivity contribution is 4.97. The van der Waals surface area contributed by atoms with Crippen molar-refractivity contribution in [1.29, 1.82) is 0 Å². The van der Waals surface area contributed by atoms with Crippen molar-refractivity contribution < 1.29 is 0 Å². The van der Waals surface area contributed by atoms with Crippen molar-refractivity contribution in [1.82, 2.24) is 4.90 Å². The number of rotatable bonds is 3. The second kappa shape index (κ2) is 15.5. The molecule has 0 N–H and O–H groups in total. The molecule has 1 saturated heterocycles. The maximum Gasteiger partial charge on any atom is 0.0118 e. The highest BCUT2D eigenvalue weighted by Gasteiger charge is 2.17. The Morgan fingerprint density at radius 1 is 1.06 bits per heavy atom. The highest BCUT2D eigenvalue weighted by Crippen LogP contribution is 2.19. The fourth-order valence-corrected chi connectivity index (χ4v) is 1.98. The summed E-state index contributed by atoms with van der Waals surface area (Å²) in [5, 5.41) is 0. The zero-order valence-corrected chi connectivity index (χ0v) is 13.0. The van der Waals surface area contributed by atoms with Crippen LogP contribution in [0.3, 0.4) is 0 Å². The molecule has 0 spiro atoms.